The molecule has 70 valence electrons. The number of halogens is 1. The molecule has 3 nitrogen and oxygen atoms in total. The molecule has 1 amide bonds. The minimum Gasteiger partial charge on any atom is -0.315 e. The molecular weight excluding hydrogens is 232 g/mol. The lowest BCUT2D eigenvalue weighted by Gasteiger charge is -2.15. The van der Waals surface area contributed by atoms with Crippen molar-refractivity contribution in [2.24, 2.45) is 5.92 Å². The van der Waals surface area contributed by atoms with E-state index in [4.69, 9.17) is 5.26 Å². The summed E-state index contributed by atoms with van der Waals surface area (Å²) in [5.41, 5.74) is 0.746. The third-order valence-corrected chi connectivity index (χ3v) is 3.04. The highest BCUT2D eigenvalue weighted by Gasteiger charge is 2.29. The average molecular weight is 243 g/mol. The zero-order valence-corrected chi connectivity index (χ0v) is 9.04. The number of carbonyl (C=O) groups is 1. The Kier molecular flexibility index (Phi) is 3.49. The Morgan fingerprint density at radius 3 is 3.08 bits per heavy atom. The van der Waals surface area contributed by atoms with Crippen molar-refractivity contribution in [3.63, 3.8) is 0 Å². The molecule has 0 radical (unpaired) electrons. The molecule has 1 rings (SSSR count). The van der Waals surface area contributed by atoms with E-state index in [2.05, 4.69) is 15.9 Å². The van der Waals surface area contributed by atoms with Gasteiger partial charge in [0, 0.05) is 30.1 Å². The summed E-state index contributed by atoms with van der Waals surface area (Å²) in [5, 5.41) is 9.28. The van der Waals surface area contributed by atoms with Gasteiger partial charge in [-0.3, -0.25) is 4.79 Å². The molecule has 4 heteroatoms. The zero-order chi connectivity index (χ0) is 9.84. The van der Waals surface area contributed by atoms with E-state index in [1.165, 1.54) is 6.08 Å². The lowest BCUT2D eigenvalue weighted by atomic mass is 10.2. The first-order valence-corrected chi connectivity index (χ1v) is 5.24. The van der Waals surface area contributed by atoms with Crippen LogP contribution in [0.3, 0.4) is 0 Å². The lowest BCUT2D eigenvalue weighted by Crippen LogP contribution is -2.23. The normalized spacial score (nSPS) is 23.5. The number of likely N-dealkylation sites (tertiary alicyclic amines) is 1. The molecular formula is C9H11BrN2O. The van der Waals surface area contributed by atoms with Crippen LogP contribution in [0, 0.1) is 17.2 Å². The Morgan fingerprint density at radius 1 is 1.92 bits per heavy atom. The second-order valence-electron chi connectivity index (χ2n) is 3.14. The van der Waals surface area contributed by atoms with Crippen LogP contribution < -0.4 is 0 Å². The largest absolute Gasteiger partial charge is 0.315 e. The van der Waals surface area contributed by atoms with Gasteiger partial charge in [0.25, 0.3) is 0 Å². The number of allylic oxidation sites excluding steroid dienone is 2. The van der Waals surface area contributed by atoms with E-state index in [1.807, 2.05) is 6.07 Å². The molecule has 1 fully saturated rings. The van der Waals surface area contributed by atoms with Gasteiger partial charge in [-0.05, 0) is 12.8 Å². The lowest BCUT2D eigenvalue weighted by molar-refractivity contribution is -0.126. The fourth-order valence-electron chi connectivity index (χ4n) is 1.40. The molecule has 1 saturated heterocycles. The van der Waals surface area contributed by atoms with Crippen LogP contribution >= 0.6 is 15.9 Å². The van der Waals surface area contributed by atoms with Crippen LogP contribution in [0.15, 0.2) is 11.8 Å². The molecule has 1 unspecified atom stereocenters. The Labute approximate surface area is 86.1 Å². The Hall–Kier alpha value is -0.820. The van der Waals surface area contributed by atoms with Gasteiger partial charge in [0.05, 0.1) is 6.07 Å². The fourth-order valence-corrected chi connectivity index (χ4v) is 1.83. The van der Waals surface area contributed by atoms with E-state index in [0.717, 1.165) is 17.6 Å². The maximum atomic E-state index is 11.4. The molecule has 0 spiro atoms. The molecule has 1 aliphatic rings. The molecule has 0 aromatic heterocycles. The molecule has 1 atom stereocenters. The quantitative estimate of drug-likeness (QED) is 0.546. The number of hydrogen-bond acceptors (Lipinski definition) is 2. The monoisotopic (exact) mass is 242 g/mol. The van der Waals surface area contributed by atoms with Crippen LogP contribution in [0.2, 0.25) is 0 Å². The van der Waals surface area contributed by atoms with E-state index in [1.54, 1.807) is 11.8 Å². The molecule has 1 aliphatic heterocycles. The number of nitrogens with zero attached hydrogens (tertiary/aromatic N) is 2. The predicted octanol–water partition coefficient (Wildman–Crippen LogP) is 1.66. The minimum absolute atomic E-state index is 0.119. The maximum absolute atomic E-state index is 11.4. The van der Waals surface area contributed by atoms with Crippen molar-refractivity contribution in [3.8, 4) is 6.07 Å². The zero-order valence-electron chi connectivity index (χ0n) is 7.46. The van der Waals surface area contributed by atoms with E-state index in [-0.39, 0.29) is 5.91 Å². The number of rotatable bonds is 2. The topological polar surface area (TPSA) is 44.1 Å². The van der Waals surface area contributed by atoms with E-state index < -0.39 is 0 Å². The van der Waals surface area contributed by atoms with Gasteiger partial charge < -0.3 is 4.90 Å². The minimum atomic E-state index is 0.119. The third-order valence-electron chi connectivity index (χ3n) is 2.12. The summed E-state index contributed by atoms with van der Waals surface area (Å²) in [6.07, 6.45) is 2.00. The Balaban J connectivity index is 2.69. The van der Waals surface area contributed by atoms with Gasteiger partial charge in [0.1, 0.15) is 0 Å². The van der Waals surface area contributed by atoms with Crippen LogP contribution in [-0.2, 0) is 4.79 Å². The average Bonchev–Trinajstić information content (AvgIpc) is 2.47. The van der Waals surface area contributed by atoms with Crippen LogP contribution in [0.25, 0.3) is 0 Å². The van der Waals surface area contributed by atoms with Crippen molar-refractivity contribution in [2.45, 2.75) is 13.3 Å². The summed E-state index contributed by atoms with van der Waals surface area (Å²) in [7, 11) is 0. The summed E-state index contributed by atoms with van der Waals surface area (Å²) in [6.45, 7) is 2.52. The highest BCUT2D eigenvalue weighted by Crippen LogP contribution is 2.22. The summed E-state index contributed by atoms with van der Waals surface area (Å²) in [4.78, 5) is 13.1. The number of carbonyl (C=O) groups excluding carboxylic acids is 1. The number of nitriles is 1. The van der Waals surface area contributed by atoms with Gasteiger partial charge in [-0.15, -0.1) is 0 Å². The first kappa shape index (κ1) is 10.3. The fraction of sp³-hybridized carbons (Fsp3) is 0.556. The molecule has 0 aromatic carbocycles. The first-order valence-electron chi connectivity index (χ1n) is 4.11. The van der Waals surface area contributed by atoms with Crippen LogP contribution in [0.4, 0.5) is 0 Å². The molecule has 0 saturated carbocycles. The van der Waals surface area contributed by atoms with Gasteiger partial charge in [-0.25, -0.2) is 0 Å². The SMILES string of the molecule is CC(=CC#N)N1CC(CBr)CC1=O. The summed E-state index contributed by atoms with van der Waals surface area (Å²) in [6, 6.07) is 1.93. The van der Waals surface area contributed by atoms with E-state index in [9.17, 15) is 4.79 Å². The number of hydrogen-bond donors (Lipinski definition) is 0. The predicted molar refractivity (Wildman–Crippen MR) is 53.0 cm³/mol. The highest BCUT2D eigenvalue weighted by molar-refractivity contribution is 9.09. The van der Waals surface area contributed by atoms with Gasteiger partial charge in [0.2, 0.25) is 5.91 Å². The van der Waals surface area contributed by atoms with Crippen molar-refractivity contribution in [1.82, 2.24) is 4.90 Å². The molecule has 13 heavy (non-hydrogen) atoms. The van der Waals surface area contributed by atoms with Gasteiger partial charge >= 0.3 is 0 Å². The Morgan fingerprint density at radius 2 is 2.62 bits per heavy atom. The van der Waals surface area contributed by atoms with Gasteiger partial charge in [0.15, 0.2) is 0 Å². The summed E-state index contributed by atoms with van der Waals surface area (Å²) in [5.74, 6) is 0.503. The standard InChI is InChI=1S/C9H11BrN2O/c1-7(2-3-11)12-6-8(5-10)4-9(12)13/h2,8H,4-6H2,1H3. The van der Waals surface area contributed by atoms with Crippen molar-refractivity contribution in [2.75, 3.05) is 11.9 Å². The molecule has 1 heterocycles. The number of amides is 1. The summed E-state index contributed by atoms with van der Waals surface area (Å²) >= 11 is 3.36. The van der Waals surface area contributed by atoms with Crippen molar-refractivity contribution in [3.05, 3.63) is 11.8 Å². The van der Waals surface area contributed by atoms with Crippen molar-refractivity contribution < 1.29 is 4.79 Å². The van der Waals surface area contributed by atoms with Gasteiger partial charge in [-0.2, -0.15) is 5.26 Å². The van der Waals surface area contributed by atoms with Crippen LogP contribution in [-0.4, -0.2) is 22.7 Å². The second-order valence-corrected chi connectivity index (χ2v) is 3.79. The van der Waals surface area contributed by atoms with Crippen molar-refractivity contribution >= 4 is 21.8 Å². The molecule has 0 aromatic rings. The molecule has 0 aliphatic carbocycles. The van der Waals surface area contributed by atoms with Crippen molar-refractivity contribution in [1.29, 1.82) is 5.26 Å². The number of alkyl halides is 1. The maximum Gasteiger partial charge on any atom is 0.227 e. The second kappa shape index (κ2) is 4.43. The van der Waals surface area contributed by atoms with Gasteiger partial charge in [-0.1, -0.05) is 15.9 Å². The molecule has 0 bridgehead atoms. The van der Waals surface area contributed by atoms with E-state index in [0.29, 0.717) is 12.3 Å². The van der Waals surface area contributed by atoms with Crippen LogP contribution in [0.5, 0.6) is 0 Å². The summed E-state index contributed by atoms with van der Waals surface area (Å²) < 4.78 is 0. The first-order chi connectivity index (χ1) is 6.19. The smallest absolute Gasteiger partial charge is 0.227 e. The highest BCUT2D eigenvalue weighted by atomic mass is 79.9. The Bertz CT molecular complexity index is 280. The third kappa shape index (κ3) is 2.31. The van der Waals surface area contributed by atoms with E-state index >= 15 is 0 Å². The van der Waals surface area contributed by atoms with Crippen LogP contribution in [0.1, 0.15) is 13.3 Å². The molecule has 0 N–H and O–H groups in total.